The van der Waals surface area contributed by atoms with E-state index in [2.05, 4.69) is 42.9 Å². The summed E-state index contributed by atoms with van der Waals surface area (Å²) in [6, 6.07) is 36.5. The molecule has 0 saturated carbocycles. The number of nitrogens with one attached hydrogen (secondary N) is 2. The zero-order valence-electron chi connectivity index (χ0n) is 37.7. The van der Waals surface area contributed by atoms with Gasteiger partial charge in [0.15, 0.2) is 9.84 Å². The Labute approximate surface area is 404 Å². The summed E-state index contributed by atoms with van der Waals surface area (Å²) in [6.07, 6.45) is 1.63. The molecule has 2 saturated heterocycles. The summed E-state index contributed by atoms with van der Waals surface area (Å²) in [6.45, 7) is 9.11. The van der Waals surface area contributed by atoms with Gasteiger partial charge in [-0.2, -0.15) is 0 Å². The van der Waals surface area contributed by atoms with Crippen molar-refractivity contribution in [2.75, 3.05) is 94.0 Å². The first-order valence-electron chi connectivity index (χ1n) is 22.2. The van der Waals surface area contributed by atoms with Gasteiger partial charge in [0.05, 0.1) is 22.1 Å². The summed E-state index contributed by atoms with van der Waals surface area (Å²) in [5.41, 5.74) is 4.84. The Hall–Kier alpha value is -4.26. The molecule has 2 aliphatic rings. The summed E-state index contributed by atoms with van der Waals surface area (Å²) < 4.78 is 73.4. The minimum atomic E-state index is -4.48. The average Bonchev–Trinajstić information content (AvgIpc) is 3.31. The van der Waals surface area contributed by atoms with Crippen LogP contribution in [0, 0.1) is 0 Å². The van der Waals surface area contributed by atoms with E-state index in [-0.39, 0.29) is 40.0 Å². The third kappa shape index (κ3) is 14.4. The van der Waals surface area contributed by atoms with Crippen LogP contribution in [0.3, 0.4) is 0 Å². The van der Waals surface area contributed by atoms with Gasteiger partial charge < -0.3 is 24.5 Å². The number of halogens is 1. The Morgan fingerprint density at radius 2 is 1.45 bits per heavy atom. The maximum absolute atomic E-state index is 13.7. The Kier molecular flexibility index (Phi) is 17.3. The number of hydrogen-bond acceptors (Lipinski definition) is 13. The van der Waals surface area contributed by atoms with Gasteiger partial charge in [-0.1, -0.05) is 66.2 Å². The third-order valence-corrected chi connectivity index (χ3v) is 17.2. The van der Waals surface area contributed by atoms with Crippen LogP contribution in [0.15, 0.2) is 136 Å². The molecule has 1 amide bonds. The highest BCUT2D eigenvalue weighted by atomic mass is 35.5. The number of benzene rings is 5. The smallest absolute Gasteiger partial charge is 0.341 e. The summed E-state index contributed by atoms with van der Waals surface area (Å²) in [4.78, 5) is 32.8. The summed E-state index contributed by atoms with van der Waals surface area (Å²) in [7, 11) is -12.1. The monoisotopic (exact) mass is 1010 g/mol. The second-order valence-corrected chi connectivity index (χ2v) is 23.8. The van der Waals surface area contributed by atoms with E-state index in [0.717, 1.165) is 61.2 Å². The van der Waals surface area contributed by atoms with Gasteiger partial charge >= 0.3 is 7.60 Å². The zero-order chi connectivity index (χ0) is 47.6. The highest BCUT2D eigenvalue weighted by Gasteiger charge is 2.28. The number of carbonyl (C=O) groups excluding carboxylic acids is 1. The van der Waals surface area contributed by atoms with Gasteiger partial charge in [0.1, 0.15) is 6.29 Å². The fourth-order valence-electron chi connectivity index (χ4n) is 8.25. The predicted octanol–water partition coefficient (Wildman–Crippen LogP) is 7.61. The van der Waals surface area contributed by atoms with E-state index in [1.54, 1.807) is 43.0 Å². The van der Waals surface area contributed by atoms with Gasteiger partial charge in [-0.3, -0.25) is 19.2 Å². The van der Waals surface area contributed by atoms with Crippen molar-refractivity contribution in [3.05, 3.63) is 137 Å². The van der Waals surface area contributed by atoms with Crippen LogP contribution in [0.4, 0.5) is 11.4 Å². The molecular formula is C48H58ClN6O8PS3. The van der Waals surface area contributed by atoms with E-state index in [4.69, 9.17) is 16.1 Å². The fraction of sp³-hybridized carbons (Fsp3) is 0.354. The lowest BCUT2D eigenvalue weighted by atomic mass is 9.99. The van der Waals surface area contributed by atoms with Crippen molar-refractivity contribution in [1.82, 2.24) is 19.4 Å². The topological polar surface area (TPSA) is 169 Å². The maximum atomic E-state index is 13.7. The standard InChI is InChI=1S/C48H58ClN6O8PS3/c1-3-63-64(57,58)36-54-27-25-52(26-28-54)24-23-41(35-65-43-10-5-4-6-11-43)50-46-22-21-44(33-47(46)66(2,59)60)67(61,62)51-48(56)38-15-19-42(20-16-38)55-31-29-53(30-32-55)34-39-9-7-8-12-45(39)37-13-17-40(49)18-14-37/h4-22,33,41,50H,3,23-32,34-36H2,1-2H3,(H,51,56)(H,57,58)/t41-/m1/s1. The number of hydrogen-bond donors (Lipinski definition) is 3. The molecule has 2 heterocycles. The molecule has 0 radical (unpaired) electrons. The molecule has 5 aromatic rings. The van der Waals surface area contributed by atoms with Crippen LogP contribution in [-0.2, 0) is 35.5 Å². The molecule has 7 rings (SSSR count). The molecule has 1 unspecified atom stereocenters. The Morgan fingerprint density at radius 3 is 2.12 bits per heavy atom. The molecule has 2 atom stereocenters. The van der Waals surface area contributed by atoms with Crippen molar-refractivity contribution in [3.63, 3.8) is 0 Å². The third-order valence-electron chi connectivity index (χ3n) is 11.8. The van der Waals surface area contributed by atoms with Gasteiger partial charge in [-0.15, -0.1) is 11.8 Å². The lowest BCUT2D eigenvalue weighted by Crippen LogP contribution is -2.47. The van der Waals surface area contributed by atoms with Crippen molar-refractivity contribution in [3.8, 4) is 11.1 Å². The van der Waals surface area contributed by atoms with Crippen molar-refractivity contribution in [2.45, 2.75) is 40.6 Å². The Morgan fingerprint density at radius 1 is 0.806 bits per heavy atom. The molecule has 0 bridgehead atoms. The summed E-state index contributed by atoms with van der Waals surface area (Å²) >= 11 is 7.75. The van der Waals surface area contributed by atoms with Crippen molar-refractivity contribution < 1.29 is 35.6 Å². The minimum Gasteiger partial charge on any atom is -0.380 e. The van der Waals surface area contributed by atoms with Gasteiger partial charge in [0.25, 0.3) is 15.9 Å². The Bertz CT molecular complexity index is 2720. The molecule has 2 fully saturated rings. The molecular weight excluding hydrogens is 951 g/mol. The number of thioether (sulfide) groups is 1. The molecule has 2 aliphatic heterocycles. The number of nitrogens with zero attached hydrogens (tertiary/aromatic N) is 4. The van der Waals surface area contributed by atoms with Crippen molar-refractivity contribution in [2.24, 2.45) is 0 Å². The molecule has 19 heteroatoms. The fourth-order valence-corrected chi connectivity index (χ4v) is 12.6. The van der Waals surface area contributed by atoms with Gasteiger partial charge in [0, 0.05) is 105 Å². The van der Waals surface area contributed by atoms with Crippen LogP contribution >= 0.6 is 31.0 Å². The number of piperazine rings is 2. The van der Waals surface area contributed by atoms with Crippen LogP contribution in [0.1, 0.15) is 29.3 Å². The normalized spacial score (nSPS) is 16.9. The number of rotatable bonds is 20. The van der Waals surface area contributed by atoms with Gasteiger partial charge in [-0.05, 0) is 96.8 Å². The van der Waals surface area contributed by atoms with E-state index >= 15 is 0 Å². The first-order chi connectivity index (χ1) is 32.0. The number of sulfone groups is 1. The van der Waals surface area contributed by atoms with E-state index in [1.165, 1.54) is 23.3 Å². The largest absolute Gasteiger partial charge is 0.380 e. The molecule has 0 aromatic heterocycles. The van der Waals surface area contributed by atoms with E-state index in [0.29, 0.717) is 49.9 Å². The second-order valence-electron chi connectivity index (χ2n) is 16.7. The first-order valence-corrected chi connectivity index (χ1v) is 28.7. The zero-order valence-corrected chi connectivity index (χ0v) is 41.8. The minimum absolute atomic E-state index is 0.0208. The second kappa shape index (κ2) is 22.9. The Balaban J connectivity index is 0.964. The molecule has 358 valence electrons. The van der Waals surface area contributed by atoms with Crippen LogP contribution in [0.25, 0.3) is 11.1 Å². The predicted molar refractivity (Wildman–Crippen MR) is 269 cm³/mol. The average molecular weight is 1010 g/mol. The summed E-state index contributed by atoms with van der Waals surface area (Å²) in [5, 5.41) is 4.10. The van der Waals surface area contributed by atoms with Crippen molar-refractivity contribution >= 4 is 68.1 Å². The number of carbonyl (C=O) groups is 1. The quantitative estimate of drug-likeness (QED) is 0.0515. The number of sulfonamides is 1. The van der Waals surface area contributed by atoms with Gasteiger partial charge in [0.2, 0.25) is 0 Å². The summed E-state index contributed by atoms with van der Waals surface area (Å²) in [5.74, 6) is -0.251. The van der Waals surface area contributed by atoms with Crippen molar-refractivity contribution in [1.29, 1.82) is 0 Å². The molecule has 14 nitrogen and oxygen atoms in total. The SMILES string of the molecule is CCOP(=O)(O)CN1CCN(CC[C@H](CSc2ccccc2)Nc2ccc(S(=O)(=O)NC(=O)c3ccc(N4CCN(Cc5ccccc5-c5ccc(Cl)cc5)CC4)cc3)cc2S(C)(=O)=O)CC1. The van der Waals surface area contributed by atoms with Gasteiger partial charge in [-0.25, -0.2) is 21.6 Å². The van der Waals surface area contributed by atoms with E-state index < -0.39 is 33.4 Å². The highest BCUT2D eigenvalue weighted by Crippen LogP contribution is 2.42. The number of anilines is 2. The lowest BCUT2D eigenvalue weighted by Gasteiger charge is -2.36. The van der Waals surface area contributed by atoms with Crippen LogP contribution < -0.4 is 14.9 Å². The molecule has 0 aliphatic carbocycles. The lowest BCUT2D eigenvalue weighted by molar-refractivity contribution is 0.0981. The van der Waals surface area contributed by atoms with E-state index in [9.17, 15) is 31.1 Å². The molecule has 5 aromatic carbocycles. The number of amides is 1. The molecule has 0 spiro atoms. The molecule has 67 heavy (non-hydrogen) atoms. The maximum Gasteiger partial charge on any atom is 0.341 e. The first kappa shape index (κ1) is 50.6. The van der Waals surface area contributed by atoms with Crippen LogP contribution in [0.2, 0.25) is 5.02 Å². The van der Waals surface area contributed by atoms with Crippen LogP contribution in [-0.4, -0.2) is 132 Å². The molecule has 3 N–H and O–H groups in total. The highest BCUT2D eigenvalue weighted by molar-refractivity contribution is 7.99. The van der Waals surface area contributed by atoms with Crippen LogP contribution in [0.5, 0.6) is 0 Å². The van der Waals surface area contributed by atoms with E-state index in [1.807, 2.05) is 65.6 Å².